The SMILES string of the molecule is CCCCCCCCC(=O)NCC1CCC(N)CC1. The molecule has 0 heterocycles. The fourth-order valence-corrected chi connectivity index (χ4v) is 2.80. The molecule has 0 aromatic rings. The van der Waals surface area contributed by atoms with E-state index in [-0.39, 0.29) is 5.91 Å². The first-order valence-corrected chi connectivity index (χ1v) is 8.24. The number of nitrogens with one attached hydrogen (secondary N) is 1. The molecule has 0 aromatic carbocycles. The van der Waals surface area contributed by atoms with E-state index in [0.29, 0.717) is 18.4 Å². The molecule has 0 atom stereocenters. The summed E-state index contributed by atoms with van der Waals surface area (Å²) in [4.78, 5) is 11.7. The van der Waals surface area contributed by atoms with Crippen molar-refractivity contribution < 1.29 is 4.79 Å². The third-order valence-electron chi connectivity index (χ3n) is 4.24. The second-order valence-electron chi connectivity index (χ2n) is 6.10. The van der Waals surface area contributed by atoms with E-state index >= 15 is 0 Å². The Morgan fingerprint density at radius 3 is 2.37 bits per heavy atom. The van der Waals surface area contributed by atoms with E-state index in [2.05, 4.69) is 12.2 Å². The average Bonchev–Trinajstić information content (AvgIpc) is 2.42. The van der Waals surface area contributed by atoms with Crippen molar-refractivity contribution in [2.24, 2.45) is 11.7 Å². The highest BCUT2D eigenvalue weighted by atomic mass is 16.1. The number of unbranched alkanes of at least 4 members (excludes halogenated alkanes) is 5. The monoisotopic (exact) mass is 268 g/mol. The van der Waals surface area contributed by atoms with Crippen LogP contribution in [-0.2, 0) is 4.79 Å². The van der Waals surface area contributed by atoms with Crippen LogP contribution in [0.25, 0.3) is 0 Å². The normalized spacial score (nSPS) is 23.3. The summed E-state index contributed by atoms with van der Waals surface area (Å²) in [6, 6.07) is 0.398. The first kappa shape index (κ1) is 16.5. The van der Waals surface area contributed by atoms with Gasteiger partial charge in [0.1, 0.15) is 0 Å². The van der Waals surface area contributed by atoms with Crippen LogP contribution in [-0.4, -0.2) is 18.5 Å². The Labute approximate surface area is 118 Å². The van der Waals surface area contributed by atoms with Crippen LogP contribution in [0, 0.1) is 5.92 Å². The van der Waals surface area contributed by atoms with Crippen LogP contribution < -0.4 is 11.1 Å². The van der Waals surface area contributed by atoms with Gasteiger partial charge in [0.15, 0.2) is 0 Å². The fraction of sp³-hybridized carbons (Fsp3) is 0.938. The van der Waals surface area contributed by atoms with E-state index in [0.717, 1.165) is 25.8 Å². The van der Waals surface area contributed by atoms with Gasteiger partial charge in [-0.3, -0.25) is 4.79 Å². The Kier molecular flexibility index (Phi) is 8.89. The highest BCUT2D eigenvalue weighted by Crippen LogP contribution is 2.22. The van der Waals surface area contributed by atoms with Gasteiger partial charge in [-0.15, -0.1) is 0 Å². The van der Waals surface area contributed by atoms with Crippen molar-refractivity contribution in [2.45, 2.75) is 83.6 Å². The largest absolute Gasteiger partial charge is 0.356 e. The predicted molar refractivity (Wildman–Crippen MR) is 80.9 cm³/mol. The van der Waals surface area contributed by atoms with Gasteiger partial charge >= 0.3 is 0 Å². The summed E-state index contributed by atoms with van der Waals surface area (Å²) in [5.41, 5.74) is 5.88. The Balaban J connectivity index is 1.93. The van der Waals surface area contributed by atoms with Crippen molar-refractivity contribution in [3.05, 3.63) is 0 Å². The first-order valence-electron chi connectivity index (χ1n) is 8.24. The molecule has 1 aliphatic rings. The lowest BCUT2D eigenvalue weighted by molar-refractivity contribution is -0.121. The van der Waals surface area contributed by atoms with Crippen LogP contribution in [0.15, 0.2) is 0 Å². The maximum Gasteiger partial charge on any atom is 0.220 e. The zero-order valence-electron chi connectivity index (χ0n) is 12.6. The van der Waals surface area contributed by atoms with Crippen LogP contribution in [0.5, 0.6) is 0 Å². The second-order valence-corrected chi connectivity index (χ2v) is 6.10. The summed E-state index contributed by atoms with van der Waals surface area (Å²) in [6.45, 7) is 3.09. The Hall–Kier alpha value is -0.570. The van der Waals surface area contributed by atoms with E-state index in [1.54, 1.807) is 0 Å². The molecule has 1 fully saturated rings. The van der Waals surface area contributed by atoms with Crippen molar-refractivity contribution >= 4 is 5.91 Å². The summed E-state index contributed by atoms with van der Waals surface area (Å²) in [5.74, 6) is 0.902. The van der Waals surface area contributed by atoms with Gasteiger partial charge in [0, 0.05) is 19.0 Å². The lowest BCUT2D eigenvalue weighted by Crippen LogP contribution is -2.34. The van der Waals surface area contributed by atoms with Crippen molar-refractivity contribution in [1.29, 1.82) is 0 Å². The van der Waals surface area contributed by atoms with Crippen LogP contribution in [0.1, 0.15) is 77.6 Å². The van der Waals surface area contributed by atoms with Gasteiger partial charge in [0.25, 0.3) is 0 Å². The molecule has 1 amide bonds. The summed E-state index contributed by atoms with van der Waals surface area (Å²) in [5, 5.41) is 3.09. The van der Waals surface area contributed by atoms with Crippen molar-refractivity contribution in [2.75, 3.05) is 6.54 Å². The van der Waals surface area contributed by atoms with Crippen molar-refractivity contribution in [3.8, 4) is 0 Å². The Morgan fingerprint density at radius 2 is 1.68 bits per heavy atom. The molecule has 3 N–H and O–H groups in total. The van der Waals surface area contributed by atoms with E-state index in [1.165, 1.54) is 44.9 Å². The highest BCUT2D eigenvalue weighted by Gasteiger charge is 2.18. The number of amides is 1. The zero-order chi connectivity index (χ0) is 13.9. The van der Waals surface area contributed by atoms with Crippen LogP contribution in [0.2, 0.25) is 0 Å². The third-order valence-corrected chi connectivity index (χ3v) is 4.24. The molecule has 0 aromatic heterocycles. The standard InChI is InChI=1S/C16H32N2O/c1-2-3-4-5-6-7-8-16(19)18-13-14-9-11-15(17)12-10-14/h14-15H,2-13,17H2,1H3,(H,18,19). The first-order chi connectivity index (χ1) is 9.22. The molecule has 1 aliphatic carbocycles. The van der Waals surface area contributed by atoms with Gasteiger partial charge in [-0.1, -0.05) is 39.0 Å². The summed E-state index contributed by atoms with van der Waals surface area (Å²) < 4.78 is 0. The minimum Gasteiger partial charge on any atom is -0.356 e. The number of hydrogen-bond donors (Lipinski definition) is 2. The van der Waals surface area contributed by atoms with Gasteiger partial charge in [-0.05, 0) is 38.0 Å². The summed E-state index contributed by atoms with van der Waals surface area (Å²) in [7, 11) is 0. The lowest BCUT2D eigenvalue weighted by atomic mass is 9.86. The number of carbonyl (C=O) groups excluding carboxylic acids is 1. The molecular formula is C16H32N2O. The fourth-order valence-electron chi connectivity index (χ4n) is 2.80. The van der Waals surface area contributed by atoms with Gasteiger partial charge in [-0.25, -0.2) is 0 Å². The highest BCUT2D eigenvalue weighted by molar-refractivity contribution is 5.75. The number of carbonyl (C=O) groups is 1. The van der Waals surface area contributed by atoms with E-state index in [1.807, 2.05) is 0 Å². The zero-order valence-corrected chi connectivity index (χ0v) is 12.6. The molecule has 0 bridgehead atoms. The molecule has 112 valence electrons. The molecule has 0 unspecified atom stereocenters. The van der Waals surface area contributed by atoms with Crippen LogP contribution in [0.3, 0.4) is 0 Å². The summed E-state index contributed by atoms with van der Waals surface area (Å²) >= 11 is 0. The van der Waals surface area contributed by atoms with Gasteiger partial charge in [-0.2, -0.15) is 0 Å². The summed E-state index contributed by atoms with van der Waals surface area (Å²) in [6.07, 6.45) is 12.8. The third kappa shape index (κ3) is 8.25. The van der Waals surface area contributed by atoms with E-state index < -0.39 is 0 Å². The van der Waals surface area contributed by atoms with Crippen molar-refractivity contribution in [3.63, 3.8) is 0 Å². The topological polar surface area (TPSA) is 55.1 Å². The molecule has 0 aliphatic heterocycles. The number of rotatable bonds is 9. The lowest BCUT2D eigenvalue weighted by Gasteiger charge is -2.26. The average molecular weight is 268 g/mol. The van der Waals surface area contributed by atoms with E-state index in [4.69, 9.17) is 5.73 Å². The Bertz CT molecular complexity index is 235. The molecule has 3 nitrogen and oxygen atoms in total. The number of hydrogen-bond acceptors (Lipinski definition) is 2. The van der Waals surface area contributed by atoms with Gasteiger partial charge < -0.3 is 11.1 Å². The molecule has 1 rings (SSSR count). The molecule has 0 saturated heterocycles. The molecule has 0 radical (unpaired) electrons. The van der Waals surface area contributed by atoms with Gasteiger partial charge in [0.05, 0.1) is 0 Å². The predicted octanol–water partition coefficient (Wildman–Crippen LogP) is 3.37. The second kappa shape index (κ2) is 10.2. The molecule has 0 spiro atoms. The maximum absolute atomic E-state index is 11.7. The van der Waals surface area contributed by atoms with Crippen LogP contribution >= 0.6 is 0 Å². The molecule has 3 heteroatoms. The minimum atomic E-state index is 0.241. The minimum absolute atomic E-state index is 0.241. The molecular weight excluding hydrogens is 236 g/mol. The molecule has 19 heavy (non-hydrogen) atoms. The quantitative estimate of drug-likeness (QED) is 0.630. The van der Waals surface area contributed by atoms with Crippen molar-refractivity contribution in [1.82, 2.24) is 5.32 Å². The maximum atomic E-state index is 11.7. The molecule has 1 saturated carbocycles. The Morgan fingerprint density at radius 1 is 1.05 bits per heavy atom. The number of nitrogens with two attached hydrogens (primary N) is 1. The smallest absolute Gasteiger partial charge is 0.220 e. The van der Waals surface area contributed by atoms with Gasteiger partial charge in [0.2, 0.25) is 5.91 Å². The van der Waals surface area contributed by atoms with E-state index in [9.17, 15) is 4.79 Å². The van der Waals surface area contributed by atoms with Crippen LogP contribution in [0.4, 0.5) is 0 Å².